The van der Waals surface area contributed by atoms with Crippen molar-refractivity contribution < 1.29 is 0 Å². The van der Waals surface area contributed by atoms with E-state index in [1.165, 1.54) is 22.3 Å². The van der Waals surface area contributed by atoms with Crippen molar-refractivity contribution in [3.63, 3.8) is 0 Å². The van der Waals surface area contributed by atoms with Crippen molar-refractivity contribution in [3.05, 3.63) is 89.5 Å². The number of nitrogen functional groups attached to an aromatic ring is 1. The zero-order valence-electron chi connectivity index (χ0n) is 12.2. The highest BCUT2D eigenvalue weighted by Crippen LogP contribution is 2.27. The minimum Gasteiger partial charge on any atom is -0.398 e. The van der Waals surface area contributed by atoms with Crippen LogP contribution < -0.4 is 5.73 Å². The van der Waals surface area contributed by atoms with E-state index in [0.29, 0.717) is 0 Å². The van der Waals surface area contributed by atoms with Gasteiger partial charge in [0.2, 0.25) is 0 Å². The summed E-state index contributed by atoms with van der Waals surface area (Å²) in [5, 5.41) is 0. The molecule has 0 aliphatic carbocycles. The predicted molar refractivity (Wildman–Crippen MR) is 90.3 cm³/mol. The van der Waals surface area contributed by atoms with Crippen molar-refractivity contribution in [2.75, 3.05) is 5.73 Å². The molecule has 0 spiro atoms. The molecule has 0 radical (unpaired) electrons. The average molecular weight is 273 g/mol. The molecule has 0 aliphatic rings. The Morgan fingerprint density at radius 2 is 1.43 bits per heavy atom. The van der Waals surface area contributed by atoms with Gasteiger partial charge in [-0.2, -0.15) is 0 Å². The summed E-state index contributed by atoms with van der Waals surface area (Å²) in [7, 11) is 0. The fourth-order valence-corrected chi connectivity index (χ4v) is 2.55. The molecule has 0 aromatic heterocycles. The third kappa shape index (κ3) is 3.14. The van der Waals surface area contributed by atoms with E-state index in [2.05, 4.69) is 61.5 Å². The van der Waals surface area contributed by atoms with E-state index < -0.39 is 0 Å². The molecular weight excluding hydrogens is 254 g/mol. The van der Waals surface area contributed by atoms with Gasteiger partial charge in [-0.3, -0.25) is 0 Å². The lowest BCUT2D eigenvalue weighted by Gasteiger charge is -2.08. The Bertz CT molecular complexity index is 728. The third-order valence-electron chi connectivity index (χ3n) is 3.72. The monoisotopic (exact) mass is 273 g/mol. The Morgan fingerprint density at radius 3 is 2.14 bits per heavy atom. The minimum absolute atomic E-state index is 0.830. The molecule has 3 aromatic carbocycles. The van der Waals surface area contributed by atoms with Crippen LogP contribution in [0.15, 0.2) is 72.8 Å². The van der Waals surface area contributed by atoms with Crippen molar-refractivity contribution in [1.29, 1.82) is 0 Å². The normalized spacial score (nSPS) is 10.5. The maximum absolute atomic E-state index is 6.08. The molecule has 0 heterocycles. The van der Waals surface area contributed by atoms with Crippen molar-refractivity contribution in [1.82, 2.24) is 0 Å². The highest BCUT2D eigenvalue weighted by Gasteiger charge is 2.03. The first kappa shape index (κ1) is 13.4. The van der Waals surface area contributed by atoms with E-state index in [4.69, 9.17) is 5.73 Å². The van der Waals surface area contributed by atoms with Crippen LogP contribution in [0, 0.1) is 6.92 Å². The molecule has 1 nitrogen and oxygen atoms in total. The standard InChI is InChI=1S/C20H19N/c1-15-7-12-20(21)19(13-15)18-10-8-17(9-11-18)14-16-5-3-2-4-6-16/h2-13H,14,21H2,1H3. The second-order valence-corrected chi connectivity index (χ2v) is 5.45. The summed E-state index contributed by atoms with van der Waals surface area (Å²) >= 11 is 0. The molecule has 0 saturated heterocycles. The molecule has 0 amide bonds. The molecule has 1 heteroatoms. The van der Waals surface area contributed by atoms with E-state index >= 15 is 0 Å². The second-order valence-electron chi connectivity index (χ2n) is 5.45. The molecule has 0 saturated carbocycles. The lowest BCUT2D eigenvalue weighted by molar-refractivity contribution is 1.19. The third-order valence-corrected chi connectivity index (χ3v) is 3.72. The molecule has 0 atom stereocenters. The lowest BCUT2D eigenvalue weighted by Crippen LogP contribution is -1.92. The number of hydrogen-bond donors (Lipinski definition) is 1. The van der Waals surface area contributed by atoms with Crippen LogP contribution >= 0.6 is 0 Å². The molecule has 104 valence electrons. The zero-order valence-corrected chi connectivity index (χ0v) is 12.2. The Hall–Kier alpha value is -2.54. The van der Waals surface area contributed by atoms with Gasteiger partial charge in [-0.15, -0.1) is 0 Å². The maximum atomic E-state index is 6.08. The number of anilines is 1. The second kappa shape index (κ2) is 5.84. The van der Waals surface area contributed by atoms with Crippen molar-refractivity contribution in [3.8, 4) is 11.1 Å². The molecular formula is C20H19N. The topological polar surface area (TPSA) is 26.0 Å². The summed E-state index contributed by atoms with van der Waals surface area (Å²) < 4.78 is 0. The molecule has 0 unspecified atom stereocenters. The number of nitrogens with two attached hydrogens (primary N) is 1. The average Bonchev–Trinajstić information content (AvgIpc) is 2.52. The molecule has 2 N–H and O–H groups in total. The summed E-state index contributed by atoms with van der Waals surface area (Å²) in [6, 6.07) is 25.4. The van der Waals surface area contributed by atoms with Crippen LogP contribution in [-0.4, -0.2) is 0 Å². The SMILES string of the molecule is Cc1ccc(N)c(-c2ccc(Cc3ccccc3)cc2)c1. The Kier molecular flexibility index (Phi) is 3.74. The summed E-state index contributed by atoms with van der Waals surface area (Å²) in [5.41, 5.74) is 13.1. The van der Waals surface area contributed by atoms with Crippen molar-refractivity contribution >= 4 is 5.69 Å². The fourth-order valence-electron chi connectivity index (χ4n) is 2.55. The summed E-state index contributed by atoms with van der Waals surface area (Å²) in [5.74, 6) is 0. The zero-order chi connectivity index (χ0) is 14.7. The Balaban J connectivity index is 1.85. The van der Waals surface area contributed by atoms with Gasteiger partial charge in [-0.05, 0) is 42.2 Å². The van der Waals surface area contributed by atoms with Gasteiger partial charge in [-0.1, -0.05) is 66.2 Å². The molecule has 0 aliphatic heterocycles. The van der Waals surface area contributed by atoms with Gasteiger partial charge >= 0.3 is 0 Å². The van der Waals surface area contributed by atoms with Gasteiger partial charge in [0.05, 0.1) is 0 Å². The van der Waals surface area contributed by atoms with E-state index in [9.17, 15) is 0 Å². The highest BCUT2D eigenvalue weighted by molar-refractivity contribution is 5.76. The molecule has 0 bridgehead atoms. The first-order chi connectivity index (χ1) is 10.2. The molecule has 0 fully saturated rings. The fraction of sp³-hybridized carbons (Fsp3) is 0.100. The van der Waals surface area contributed by atoms with E-state index in [0.717, 1.165) is 17.7 Å². The maximum Gasteiger partial charge on any atom is 0.0393 e. The number of aryl methyl sites for hydroxylation is 1. The largest absolute Gasteiger partial charge is 0.398 e. The van der Waals surface area contributed by atoms with Crippen LogP contribution in [0.3, 0.4) is 0 Å². The quantitative estimate of drug-likeness (QED) is 0.679. The predicted octanol–water partition coefficient (Wildman–Crippen LogP) is 4.84. The number of rotatable bonds is 3. The van der Waals surface area contributed by atoms with Gasteiger partial charge in [0.1, 0.15) is 0 Å². The van der Waals surface area contributed by atoms with Gasteiger partial charge in [-0.25, -0.2) is 0 Å². The van der Waals surface area contributed by atoms with E-state index in [1.807, 2.05) is 18.2 Å². The summed E-state index contributed by atoms with van der Waals surface area (Å²) in [4.78, 5) is 0. The molecule has 21 heavy (non-hydrogen) atoms. The van der Waals surface area contributed by atoms with Crippen LogP contribution in [0.2, 0.25) is 0 Å². The van der Waals surface area contributed by atoms with Crippen molar-refractivity contribution in [2.45, 2.75) is 13.3 Å². The first-order valence-corrected chi connectivity index (χ1v) is 7.22. The van der Waals surface area contributed by atoms with Crippen LogP contribution in [0.5, 0.6) is 0 Å². The van der Waals surface area contributed by atoms with Crippen LogP contribution in [0.25, 0.3) is 11.1 Å². The summed E-state index contributed by atoms with van der Waals surface area (Å²) in [6.45, 7) is 2.09. The molecule has 3 rings (SSSR count). The Morgan fingerprint density at radius 1 is 0.762 bits per heavy atom. The first-order valence-electron chi connectivity index (χ1n) is 7.22. The Labute approximate surface area is 126 Å². The smallest absolute Gasteiger partial charge is 0.0393 e. The van der Waals surface area contributed by atoms with Crippen molar-refractivity contribution in [2.24, 2.45) is 0 Å². The number of hydrogen-bond acceptors (Lipinski definition) is 1. The van der Waals surface area contributed by atoms with E-state index in [-0.39, 0.29) is 0 Å². The van der Waals surface area contributed by atoms with Gasteiger partial charge in [0.15, 0.2) is 0 Å². The lowest BCUT2D eigenvalue weighted by atomic mass is 9.98. The van der Waals surface area contributed by atoms with Crippen LogP contribution in [-0.2, 0) is 6.42 Å². The van der Waals surface area contributed by atoms with E-state index in [1.54, 1.807) is 0 Å². The van der Waals surface area contributed by atoms with Crippen LogP contribution in [0.4, 0.5) is 5.69 Å². The highest BCUT2D eigenvalue weighted by atomic mass is 14.6. The van der Waals surface area contributed by atoms with Crippen LogP contribution in [0.1, 0.15) is 16.7 Å². The number of benzene rings is 3. The summed E-state index contributed by atoms with van der Waals surface area (Å²) in [6.07, 6.45) is 0.963. The van der Waals surface area contributed by atoms with Gasteiger partial charge in [0, 0.05) is 11.3 Å². The van der Waals surface area contributed by atoms with Gasteiger partial charge < -0.3 is 5.73 Å². The minimum atomic E-state index is 0.830. The molecule has 3 aromatic rings. The van der Waals surface area contributed by atoms with Gasteiger partial charge in [0.25, 0.3) is 0 Å².